The van der Waals surface area contributed by atoms with Crippen LogP contribution in [0, 0.1) is 0 Å². The molecular formula is C19H16N4O2S. The summed E-state index contributed by atoms with van der Waals surface area (Å²) in [6.07, 6.45) is 3.43. The van der Waals surface area contributed by atoms with E-state index in [1.807, 2.05) is 59.2 Å². The van der Waals surface area contributed by atoms with Crippen LogP contribution >= 0.6 is 11.8 Å². The summed E-state index contributed by atoms with van der Waals surface area (Å²) in [5, 5.41) is 13.5. The van der Waals surface area contributed by atoms with E-state index in [1.54, 1.807) is 18.0 Å². The van der Waals surface area contributed by atoms with E-state index in [1.165, 1.54) is 0 Å². The molecule has 3 heterocycles. The summed E-state index contributed by atoms with van der Waals surface area (Å²) in [6, 6.07) is 15.5. The van der Waals surface area contributed by atoms with Gasteiger partial charge in [0.2, 0.25) is 5.82 Å². The van der Waals surface area contributed by atoms with E-state index in [2.05, 4.69) is 21.9 Å². The fraction of sp³-hybridized carbons (Fsp3) is 0.105. The molecular weight excluding hydrogens is 348 g/mol. The van der Waals surface area contributed by atoms with E-state index in [4.69, 9.17) is 8.94 Å². The summed E-state index contributed by atoms with van der Waals surface area (Å²) in [4.78, 5) is 0. The van der Waals surface area contributed by atoms with Crippen molar-refractivity contribution in [3.63, 3.8) is 0 Å². The van der Waals surface area contributed by atoms with Gasteiger partial charge in [-0.05, 0) is 12.1 Å². The van der Waals surface area contributed by atoms with E-state index in [0.29, 0.717) is 23.9 Å². The number of hydrogen-bond donors (Lipinski definition) is 0. The van der Waals surface area contributed by atoms with Crippen LogP contribution in [-0.4, -0.2) is 19.9 Å². The van der Waals surface area contributed by atoms with Gasteiger partial charge in [-0.15, -0.1) is 16.8 Å². The molecule has 0 atom stereocenters. The molecule has 4 aromatic rings. The van der Waals surface area contributed by atoms with Gasteiger partial charge in [-0.1, -0.05) is 53.3 Å². The van der Waals surface area contributed by atoms with E-state index < -0.39 is 0 Å². The fourth-order valence-electron chi connectivity index (χ4n) is 2.53. The Kier molecular flexibility index (Phi) is 4.70. The second kappa shape index (κ2) is 7.45. The van der Waals surface area contributed by atoms with E-state index in [-0.39, 0.29) is 0 Å². The van der Waals surface area contributed by atoms with Crippen LogP contribution in [0.3, 0.4) is 0 Å². The lowest BCUT2D eigenvalue weighted by Crippen LogP contribution is -2.00. The summed E-state index contributed by atoms with van der Waals surface area (Å²) in [5.74, 6) is 2.75. The molecule has 1 aromatic carbocycles. The van der Waals surface area contributed by atoms with Gasteiger partial charge in [0, 0.05) is 23.9 Å². The number of rotatable bonds is 7. The molecule has 4 rings (SSSR count). The summed E-state index contributed by atoms with van der Waals surface area (Å²) >= 11 is 1.54. The predicted octanol–water partition coefficient (Wildman–Crippen LogP) is 4.67. The molecule has 0 amide bonds. The Bertz CT molecular complexity index is 990. The average Bonchev–Trinajstić information content (AvgIpc) is 3.42. The Hall–Kier alpha value is -3.06. The third-order valence-electron chi connectivity index (χ3n) is 3.74. The Morgan fingerprint density at radius 3 is 2.73 bits per heavy atom. The maximum atomic E-state index is 5.44. The van der Waals surface area contributed by atoms with Crippen LogP contribution in [0.15, 0.2) is 81.5 Å². The third-order valence-corrected chi connectivity index (χ3v) is 4.74. The van der Waals surface area contributed by atoms with Crippen LogP contribution < -0.4 is 0 Å². The molecule has 0 N–H and O–H groups in total. The molecule has 0 spiro atoms. The predicted molar refractivity (Wildman–Crippen MR) is 99.4 cm³/mol. The van der Waals surface area contributed by atoms with Crippen molar-refractivity contribution in [2.75, 3.05) is 0 Å². The highest BCUT2D eigenvalue weighted by atomic mass is 32.2. The minimum absolute atomic E-state index is 0.597. The minimum atomic E-state index is 0.597. The van der Waals surface area contributed by atoms with Crippen LogP contribution in [0.5, 0.6) is 0 Å². The Balaban J connectivity index is 1.52. The molecule has 0 aliphatic heterocycles. The normalized spacial score (nSPS) is 10.9. The Labute approximate surface area is 154 Å². The SMILES string of the molecule is C=CCn1c(SCc2cc(-c3ccccc3)on2)nnc1-c1ccco1. The van der Waals surface area contributed by atoms with E-state index in [0.717, 1.165) is 22.2 Å². The smallest absolute Gasteiger partial charge is 0.200 e. The number of aromatic nitrogens is 4. The summed E-state index contributed by atoms with van der Waals surface area (Å²) in [6.45, 7) is 4.41. The van der Waals surface area contributed by atoms with Crippen LogP contribution in [-0.2, 0) is 12.3 Å². The first-order chi connectivity index (χ1) is 12.8. The summed E-state index contributed by atoms with van der Waals surface area (Å²) < 4.78 is 12.9. The lowest BCUT2D eigenvalue weighted by molar-refractivity contribution is 0.426. The highest BCUT2D eigenvalue weighted by molar-refractivity contribution is 7.98. The van der Waals surface area contributed by atoms with Gasteiger partial charge in [0.05, 0.1) is 12.0 Å². The number of allylic oxidation sites excluding steroid dienone is 1. The topological polar surface area (TPSA) is 69.9 Å². The van der Waals surface area contributed by atoms with Gasteiger partial charge in [-0.3, -0.25) is 4.57 Å². The van der Waals surface area contributed by atoms with Crippen molar-refractivity contribution in [1.29, 1.82) is 0 Å². The molecule has 3 aromatic heterocycles. The first kappa shape index (κ1) is 16.4. The zero-order valence-corrected chi connectivity index (χ0v) is 14.7. The summed E-state index contributed by atoms with van der Waals surface area (Å²) in [7, 11) is 0. The van der Waals surface area contributed by atoms with Gasteiger partial charge in [0.15, 0.2) is 16.7 Å². The summed E-state index contributed by atoms with van der Waals surface area (Å²) in [5.41, 5.74) is 1.85. The van der Waals surface area contributed by atoms with Gasteiger partial charge in [-0.25, -0.2) is 0 Å². The highest BCUT2D eigenvalue weighted by Gasteiger charge is 2.16. The van der Waals surface area contributed by atoms with Crippen molar-refractivity contribution >= 4 is 11.8 Å². The molecule has 0 radical (unpaired) electrons. The lowest BCUT2D eigenvalue weighted by Gasteiger charge is -2.05. The Morgan fingerprint density at radius 1 is 1.08 bits per heavy atom. The van der Waals surface area contributed by atoms with Crippen molar-refractivity contribution < 1.29 is 8.94 Å². The van der Waals surface area contributed by atoms with Crippen molar-refractivity contribution in [2.24, 2.45) is 0 Å². The van der Waals surface area contributed by atoms with Gasteiger partial charge < -0.3 is 8.94 Å². The molecule has 0 saturated heterocycles. The van der Waals surface area contributed by atoms with Crippen LogP contribution in [0.1, 0.15) is 5.69 Å². The van der Waals surface area contributed by atoms with Crippen molar-refractivity contribution in [1.82, 2.24) is 19.9 Å². The van der Waals surface area contributed by atoms with Crippen molar-refractivity contribution in [3.05, 3.63) is 73.1 Å². The van der Waals surface area contributed by atoms with Gasteiger partial charge >= 0.3 is 0 Å². The largest absolute Gasteiger partial charge is 0.461 e. The van der Waals surface area contributed by atoms with Crippen LogP contribution in [0.4, 0.5) is 0 Å². The molecule has 26 heavy (non-hydrogen) atoms. The van der Waals surface area contributed by atoms with E-state index in [9.17, 15) is 0 Å². The number of hydrogen-bond acceptors (Lipinski definition) is 6. The molecule has 7 heteroatoms. The molecule has 0 aliphatic rings. The quantitative estimate of drug-likeness (QED) is 0.350. The first-order valence-corrected chi connectivity index (χ1v) is 9.05. The van der Waals surface area contributed by atoms with Gasteiger partial charge in [0.25, 0.3) is 0 Å². The maximum Gasteiger partial charge on any atom is 0.200 e. The zero-order valence-electron chi connectivity index (χ0n) is 13.9. The van der Waals surface area contributed by atoms with Gasteiger partial charge in [0.1, 0.15) is 0 Å². The monoisotopic (exact) mass is 364 g/mol. The molecule has 0 bridgehead atoms. The molecule has 0 saturated carbocycles. The zero-order chi connectivity index (χ0) is 17.8. The van der Waals surface area contributed by atoms with Crippen LogP contribution in [0.25, 0.3) is 22.9 Å². The molecule has 0 unspecified atom stereocenters. The van der Waals surface area contributed by atoms with Gasteiger partial charge in [-0.2, -0.15) is 0 Å². The lowest BCUT2D eigenvalue weighted by atomic mass is 10.2. The molecule has 0 fully saturated rings. The Morgan fingerprint density at radius 2 is 1.96 bits per heavy atom. The van der Waals surface area contributed by atoms with Crippen molar-refractivity contribution in [3.8, 4) is 22.9 Å². The van der Waals surface area contributed by atoms with E-state index >= 15 is 0 Å². The standard InChI is InChI=1S/C19H16N4O2S/c1-2-10-23-18(16-9-6-11-24-16)20-21-19(23)26-13-15-12-17(25-22-15)14-7-4-3-5-8-14/h2-9,11-12H,1,10,13H2. The minimum Gasteiger partial charge on any atom is -0.461 e. The molecule has 130 valence electrons. The number of furan rings is 1. The average molecular weight is 364 g/mol. The maximum absolute atomic E-state index is 5.44. The second-order valence-corrected chi connectivity index (χ2v) is 6.46. The fourth-order valence-corrected chi connectivity index (χ4v) is 3.36. The third kappa shape index (κ3) is 3.34. The number of benzene rings is 1. The number of nitrogens with zero attached hydrogens (tertiary/aromatic N) is 4. The first-order valence-electron chi connectivity index (χ1n) is 8.07. The van der Waals surface area contributed by atoms with Crippen LogP contribution in [0.2, 0.25) is 0 Å². The second-order valence-electron chi connectivity index (χ2n) is 5.52. The molecule has 6 nitrogen and oxygen atoms in total. The number of thioether (sulfide) groups is 1. The molecule has 0 aliphatic carbocycles. The highest BCUT2D eigenvalue weighted by Crippen LogP contribution is 2.28. The van der Waals surface area contributed by atoms with Crippen molar-refractivity contribution in [2.45, 2.75) is 17.5 Å².